The van der Waals surface area contributed by atoms with Crippen LogP contribution < -0.4 is 5.32 Å². The van der Waals surface area contributed by atoms with Gasteiger partial charge in [-0.2, -0.15) is 4.37 Å². The van der Waals surface area contributed by atoms with Crippen LogP contribution in [0.4, 0.5) is 5.13 Å². The highest BCUT2D eigenvalue weighted by Crippen LogP contribution is 2.09. The van der Waals surface area contributed by atoms with Gasteiger partial charge in [-0.1, -0.05) is 11.6 Å². The number of aryl methyl sites for hydroxylation is 1. The molecule has 66 valence electrons. The van der Waals surface area contributed by atoms with E-state index in [4.69, 9.17) is 0 Å². The molecule has 12 heavy (non-hydrogen) atoms. The van der Waals surface area contributed by atoms with E-state index >= 15 is 0 Å². The fraction of sp³-hybridized carbons (Fsp3) is 0.500. The van der Waals surface area contributed by atoms with Crippen molar-refractivity contribution in [1.82, 2.24) is 9.36 Å². The molecule has 0 aliphatic carbocycles. The Balaban J connectivity index is 2.38. The first-order valence-corrected chi connectivity index (χ1v) is 4.63. The maximum Gasteiger partial charge on any atom is 0.202 e. The number of nitrogens with zero attached hydrogens (tertiary/aromatic N) is 2. The van der Waals surface area contributed by atoms with E-state index in [2.05, 4.69) is 34.6 Å². The average Bonchev–Trinajstić information content (AvgIpc) is 2.35. The quantitative estimate of drug-likeness (QED) is 0.730. The van der Waals surface area contributed by atoms with E-state index in [-0.39, 0.29) is 0 Å². The summed E-state index contributed by atoms with van der Waals surface area (Å²) >= 11 is 1.40. The predicted octanol–water partition coefficient (Wildman–Crippen LogP) is 2.22. The van der Waals surface area contributed by atoms with Crippen molar-refractivity contribution >= 4 is 16.7 Å². The molecule has 0 aliphatic rings. The van der Waals surface area contributed by atoms with Gasteiger partial charge in [0, 0.05) is 18.1 Å². The summed E-state index contributed by atoms with van der Waals surface area (Å²) in [5.74, 6) is 0.833. The van der Waals surface area contributed by atoms with Crippen molar-refractivity contribution in [3.05, 3.63) is 17.5 Å². The fourth-order valence-electron chi connectivity index (χ4n) is 0.711. The third kappa shape index (κ3) is 3.00. The van der Waals surface area contributed by atoms with Gasteiger partial charge in [0.15, 0.2) is 0 Å². The van der Waals surface area contributed by atoms with Crippen LogP contribution in [-0.4, -0.2) is 15.9 Å². The Morgan fingerprint density at radius 2 is 2.33 bits per heavy atom. The number of nitrogens with one attached hydrogen (secondary N) is 1. The van der Waals surface area contributed by atoms with Gasteiger partial charge in [-0.3, -0.25) is 0 Å². The molecule has 1 rings (SSSR count). The van der Waals surface area contributed by atoms with Crippen LogP contribution >= 0.6 is 11.5 Å². The van der Waals surface area contributed by atoms with Gasteiger partial charge in [0.1, 0.15) is 5.82 Å². The van der Waals surface area contributed by atoms with Crippen molar-refractivity contribution in [2.45, 2.75) is 20.8 Å². The van der Waals surface area contributed by atoms with E-state index in [1.807, 2.05) is 6.92 Å². The first kappa shape index (κ1) is 9.19. The van der Waals surface area contributed by atoms with Gasteiger partial charge in [0.25, 0.3) is 0 Å². The summed E-state index contributed by atoms with van der Waals surface area (Å²) in [6.45, 7) is 6.87. The molecule has 0 saturated carbocycles. The highest BCUT2D eigenvalue weighted by molar-refractivity contribution is 7.09. The first-order chi connectivity index (χ1) is 5.68. The highest BCUT2D eigenvalue weighted by atomic mass is 32.1. The normalized spacial score (nSPS) is 9.58. The number of rotatable bonds is 3. The van der Waals surface area contributed by atoms with Crippen LogP contribution in [0.3, 0.4) is 0 Å². The van der Waals surface area contributed by atoms with Crippen LogP contribution in [0, 0.1) is 6.92 Å². The van der Waals surface area contributed by atoms with Gasteiger partial charge in [-0.15, -0.1) is 0 Å². The number of hydrogen-bond donors (Lipinski definition) is 1. The van der Waals surface area contributed by atoms with Crippen LogP contribution in [0.15, 0.2) is 11.6 Å². The molecule has 0 fully saturated rings. The Hall–Kier alpha value is -0.900. The van der Waals surface area contributed by atoms with Crippen molar-refractivity contribution in [3.63, 3.8) is 0 Å². The molecular formula is C8H13N3S. The van der Waals surface area contributed by atoms with Crippen LogP contribution in [0.2, 0.25) is 0 Å². The van der Waals surface area contributed by atoms with Crippen molar-refractivity contribution in [3.8, 4) is 0 Å². The van der Waals surface area contributed by atoms with Crippen LogP contribution in [0.25, 0.3) is 0 Å². The van der Waals surface area contributed by atoms with Crippen molar-refractivity contribution in [2.75, 3.05) is 11.9 Å². The largest absolute Gasteiger partial charge is 0.357 e. The lowest BCUT2D eigenvalue weighted by Gasteiger charge is -1.95. The summed E-state index contributed by atoms with van der Waals surface area (Å²) in [4.78, 5) is 4.17. The lowest BCUT2D eigenvalue weighted by Crippen LogP contribution is -1.97. The molecule has 0 unspecified atom stereocenters. The molecule has 3 nitrogen and oxygen atoms in total. The van der Waals surface area contributed by atoms with Gasteiger partial charge in [-0.25, -0.2) is 4.98 Å². The second-order valence-electron chi connectivity index (χ2n) is 2.81. The van der Waals surface area contributed by atoms with Crippen molar-refractivity contribution in [2.24, 2.45) is 0 Å². The average molecular weight is 183 g/mol. The zero-order valence-corrected chi connectivity index (χ0v) is 8.40. The molecule has 0 atom stereocenters. The Labute approximate surface area is 76.7 Å². The SMILES string of the molecule is CC(C)=CCNc1nc(C)ns1. The van der Waals surface area contributed by atoms with Crippen LogP contribution in [0.5, 0.6) is 0 Å². The molecule has 1 aromatic rings. The molecular weight excluding hydrogens is 170 g/mol. The highest BCUT2D eigenvalue weighted by Gasteiger charge is 1.95. The molecule has 4 heteroatoms. The fourth-order valence-corrected chi connectivity index (χ4v) is 1.29. The van der Waals surface area contributed by atoms with Crippen molar-refractivity contribution < 1.29 is 0 Å². The summed E-state index contributed by atoms with van der Waals surface area (Å²) in [5, 5.41) is 4.06. The minimum absolute atomic E-state index is 0.830. The lowest BCUT2D eigenvalue weighted by atomic mass is 10.3. The maximum absolute atomic E-state index is 4.17. The topological polar surface area (TPSA) is 37.8 Å². The molecule has 1 aromatic heterocycles. The van der Waals surface area contributed by atoms with Gasteiger partial charge in [-0.05, 0) is 20.8 Å². The maximum atomic E-state index is 4.17. The van der Waals surface area contributed by atoms with Crippen molar-refractivity contribution in [1.29, 1.82) is 0 Å². The second kappa shape index (κ2) is 4.21. The molecule has 1 heterocycles. The van der Waals surface area contributed by atoms with E-state index in [0.29, 0.717) is 0 Å². The zero-order chi connectivity index (χ0) is 8.97. The summed E-state index contributed by atoms with van der Waals surface area (Å²) in [5.41, 5.74) is 1.31. The smallest absolute Gasteiger partial charge is 0.202 e. The number of hydrogen-bond acceptors (Lipinski definition) is 4. The van der Waals surface area contributed by atoms with Gasteiger partial charge in [0.2, 0.25) is 5.13 Å². The zero-order valence-electron chi connectivity index (χ0n) is 7.59. The number of allylic oxidation sites excluding steroid dienone is 1. The van der Waals surface area contributed by atoms with Gasteiger partial charge in [0.05, 0.1) is 0 Å². The summed E-state index contributed by atoms with van der Waals surface area (Å²) in [6, 6.07) is 0. The number of anilines is 1. The van der Waals surface area contributed by atoms with Crippen LogP contribution in [0.1, 0.15) is 19.7 Å². The van der Waals surface area contributed by atoms with Crippen LogP contribution in [-0.2, 0) is 0 Å². The molecule has 0 amide bonds. The molecule has 0 bridgehead atoms. The molecule has 1 N–H and O–H groups in total. The molecule has 0 aliphatic heterocycles. The minimum atomic E-state index is 0.830. The van der Waals surface area contributed by atoms with E-state index in [0.717, 1.165) is 17.5 Å². The summed E-state index contributed by atoms with van der Waals surface area (Å²) in [6.07, 6.45) is 2.12. The third-order valence-corrected chi connectivity index (χ3v) is 2.06. The van der Waals surface area contributed by atoms with E-state index in [9.17, 15) is 0 Å². The Bertz CT molecular complexity index is 274. The standard InChI is InChI=1S/C8H13N3S/c1-6(2)4-5-9-8-10-7(3)11-12-8/h4H,5H2,1-3H3,(H,9,10,11). The third-order valence-electron chi connectivity index (χ3n) is 1.29. The molecule has 0 spiro atoms. The van der Waals surface area contributed by atoms with Gasteiger partial charge >= 0.3 is 0 Å². The monoisotopic (exact) mass is 183 g/mol. The van der Waals surface area contributed by atoms with E-state index < -0.39 is 0 Å². The predicted molar refractivity (Wildman–Crippen MR) is 52.6 cm³/mol. The lowest BCUT2D eigenvalue weighted by molar-refractivity contribution is 1.15. The first-order valence-electron chi connectivity index (χ1n) is 3.86. The summed E-state index contributed by atoms with van der Waals surface area (Å²) in [7, 11) is 0. The Morgan fingerprint density at radius 3 is 2.83 bits per heavy atom. The second-order valence-corrected chi connectivity index (χ2v) is 3.56. The Kier molecular flexibility index (Phi) is 3.22. The van der Waals surface area contributed by atoms with E-state index in [1.54, 1.807) is 0 Å². The summed E-state index contributed by atoms with van der Waals surface area (Å²) < 4.78 is 4.06. The molecule has 0 aromatic carbocycles. The van der Waals surface area contributed by atoms with Gasteiger partial charge < -0.3 is 5.32 Å². The Morgan fingerprint density at radius 1 is 1.58 bits per heavy atom. The molecule has 0 radical (unpaired) electrons. The number of aromatic nitrogens is 2. The minimum Gasteiger partial charge on any atom is -0.357 e. The van der Waals surface area contributed by atoms with E-state index in [1.165, 1.54) is 17.1 Å². The molecule has 0 saturated heterocycles.